The molecule has 4 heteroatoms. The van der Waals surface area contributed by atoms with E-state index in [0.717, 1.165) is 26.2 Å². The van der Waals surface area contributed by atoms with E-state index in [0.29, 0.717) is 0 Å². The fraction of sp³-hybridized carbons (Fsp3) is 0.875. The molecule has 70 valence electrons. The number of amides is 1. The first kappa shape index (κ1) is 9.48. The number of carbonyl (C=O) groups is 1. The monoisotopic (exact) mass is 171 g/mol. The summed E-state index contributed by atoms with van der Waals surface area (Å²) in [6, 6.07) is 0.0220. The summed E-state index contributed by atoms with van der Waals surface area (Å²) in [5.41, 5.74) is 0. The van der Waals surface area contributed by atoms with Gasteiger partial charge in [0.2, 0.25) is 5.91 Å². The first-order chi connectivity index (χ1) is 5.79. The zero-order chi connectivity index (χ0) is 8.97. The second-order valence-electron chi connectivity index (χ2n) is 2.99. The molecule has 1 saturated heterocycles. The van der Waals surface area contributed by atoms with Crippen molar-refractivity contribution in [1.29, 1.82) is 0 Å². The molecule has 0 aliphatic carbocycles. The summed E-state index contributed by atoms with van der Waals surface area (Å²) in [7, 11) is 1.87. The molecule has 1 heterocycles. The van der Waals surface area contributed by atoms with Crippen molar-refractivity contribution >= 4 is 5.91 Å². The van der Waals surface area contributed by atoms with Crippen molar-refractivity contribution in [2.24, 2.45) is 0 Å². The van der Waals surface area contributed by atoms with Crippen LogP contribution in [-0.4, -0.2) is 50.1 Å². The molecule has 2 N–H and O–H groups in total. The molecule has 1 atom stereocenters. The maximum Gasteiger partial charge on any atom is 0.238 e. The summed E-state index contributed by atoms with van der Waals surface area (Å²) < 4.78 is 0. The van der Waals surface area contributed by atoms with E-state index in [-0.39, 0.29) is 11.9 Å². The van der Waals surface area contributed by atoms with Crippen LogP contribution in [0.5, 0.6) is 0 Å². The van der Waals surface area contributed by atoms with Gasteiger partial charge in [-0.1, -0.05) is 6.92 Å². The Labute approximate surface area is 73.3 Å². The van der Waals surface area contributed by atoms with E-state index in [4.69, 9.17) is 0 Å². The standard InChI is InChI=1S/C8H17N3O/c1-3-11-5-4-10-8(12)7(11)6-9-2/h7,9H,3-6H2,1-2H3,(H,10,12). The molecule has 0 aromatic rings. The Bertz CT molecular complexity index is 160. The quantitative estimate of drug-likeness (QED) is 0.574. The molecule has 0 aromatic carbocycles. The molecule has 4 nitrogen and oxygen atoms in total. The van der Waals surface area contributed by atoms with Gasteiger partial charge in [0.05, 0.1) is 0 Å². The van der Waals surface area contributed by atoms with Crippen LogP contribution in [-0.2, 0) is 4.79 Å². The molecule has 0 radical (unpaired) electrons. The van der Waals surface area contributed by atoms with Crippen LogP contribution in [0.3, 0.4) is 0 Å². The lowest BCUT2D eigenvalue weighted by atomic mass is 10.2. The normalized spacial score (nSPS) is 25.5. The van der Waals surface area contributed by atoms with Gasteiger partial charge in [-0.25, -0.2) is 0 Å². The summed E-state index contributed by atoms with van der Waals surface area (Å²) >= 11 is 0. The van der Waals surface area contributed by atoms with Crippen LogP contribution in [0.15, 0.2) is 0 Å². The Kier molecular flexibility index (Phi) is 3.49. The Hall–Kier alpha value is -0.610. The number of carbonyl (C=O) groups excluding carboxylic acids is 1. The van der Waals surface area contributed by atoms with Gasteiger partial charge in [0, 0.05) is 19.6 Å². The van der Waals surface area contributed by atoms with Crippen molar-refractivity contribution in [3.8, 4) is 0 Å². The van der Waals surface area contributed by atoms with Crippen molar-refractivity contribution in [2.75, 3.05) is 33.2 Å². The fourth-order valence-corrected chi connectivity index (χ4v) is 1.56. The average Bonchev–Trinajstić information content (AvgIpc) is 2.09. The predicted molar refractivity (Wildman–Crippen MR) is 48.0 cm³/mol. The molecule has 0 spiro atoms. The van der Waals surface area contributed by atoms with Crippen LogP contribution in [0, 0.1) is 0 Å². The van der Waals surface area contributed by atoms with Crippen molar-refractivity contribution in [3.05, 3.63) is 0 Å². The van der Waals surface area contributed by atoms with Gasteiger partial charge < -0.3 is 10.6 Å². The highest BCUT2D eigenvalue weighted by Crippen LogP contribution is 2.02. The maximum atomic E-state index is 11.4. The Morgan fingerprint density at radius 1 is 1.75 bits per heavy atom. The lowest BCUT2D eigenvalue weighted by Gasteiger charge is -2.33. The van der Waals surface area contributed by atoms with Crippen molar-refractivity contribution in [3.63, 3.8) is 0 Å². The van der Waals surface area contributed by atoms with E-state index in [2.05, 4.69) is 22.5 Å². The molecule has 1 rings (SSSR count). The van der Waals surface area contributed by atoms with E-state index in [1.807, 2.05) is 7.05 Å². The van der Waals surface area contributed by atoms with Crippen LogP contribution < -0.4 is 10.6 Å². The molecule has 0 bridgehead atoms. The molecule has 1 fully saturated rings. The summed E-state index contributed by atoms with van der Waals surface area (Å²) in [5, 5.41) is 5.89. The number of hydrogen-bond donors (Lipinski definition) is 2. The largest absolute Gasteiger partial charge is 0.353 e. The van der Waals surface area contributed by atoms with Gasteiger partial charge in [-0.15, -0.1) is 0 Å². The number of nitrogens with one attached hydrogen (secondary N) is 2. The van der Waals surface area contributed by atoms with Gasteiger partial charge in [-0.3, -0.25) is 9.69 Å². The first-order valence-corrected chi connectivity index (χ1v) is 4.46. The van der Waals surface area contributed by atoms with Crippen LogP contribution in [0.2, 0.25) is 0 Å². The second-order valence-corrected chi connectivity index (χ2v) is 2.99. The van der Waals surface area contributed by atoms with Gasteiger partial charge in [-0.2, -0.15) is 0 Å². The van der Waals surface area contributed by atoms with Crippen molar-refractivity contribution in [2.45, 2.75) is 13.0 Å². The van der Waals surface area contributed by atoms with E-state index in [1.165, 1.54) is 0 Å². The van der Waals surface area contributed by atoms with Gasteiger partial charge in [0.25, 0.3) is 0 Å². The van der Waals surface area contributed by atoms with Gasteiger partial charge in [0.1, 0.15) is 6.04 Å². The van der Waals surface area contributed by atoms with Crippen LogP contribution >= 0.6 is 0 Å². The predicted octanol–water partition coefficient (Wildman–Crippen LogP) is -0.974. The molecule has 1 amide bonds. The second kappa shape index (κ2) is 4.42. The summed E-state index contributed by atoms with van der Waals surface area (Å²) in [5.74, 6) is 0.150. The topological polar surface area (TPSA) is 44.4 Å². The third-order valence-electron chi connectivity index (χ3n) is 2.25. The van der Waals surface area contributed by atoms with Gasteiger partial charge in [-0.05, 0) is 13.6 Å². The average molecular weight is 171 g/mol. The highest BCUT2D eigenvalue weighted by molar-refractivity contribution is 5.82. The Morgan fingerprint density at radius 3 is 3.08 bits per heavy atom. The Balaban J connectivity index is 2.53. The van der Waals surface area contributed by atoms with E-state index in [1.54, 1.807) is 0 Å². The third kappa shape index (κ3) is 1.95. The fourth-order valence-electron chi connectivity index (χ4n) is 1.56. The number of rotatable bonds is 3. The zero-order valence-corrected chi connectivity index (χ0v) is 7.76. The molecule has 12 heavy (non-hydrogen) atoms. The summed E-state index contributed by atoms with van der Waals surface area (Å²) in [4.78, 5) is 13.6. The number of piperazine rings is 1. The maximum absolute atomic E-state index is 11.4. The molecular formula is C8H17N3O. The van der Waals surface area contributed by atoms with E-state index in [9.17, 15) is 4.79 Å². The minimum Gasteiger partial charge on any atom is -0.353 e. The molecule has 1 aliphatic rings. The smallest absolute Gasteiger partial charge is 0.238 e. The number of likely N-dealkylation sites (N-methyl/N-ethyl adjacent to an activating group) is 2. The van der Waals surface area contributed by atoms with E-state index < -0.39 is 0 Å². The molecule has 1 unspecified atom stereocenters. The molecule has 0 aromatic heterocycles. The van der Waals surface area contributed by atoms with Crippen molar-refractivity contribution in [1.82, 2.24) is 15.5 Å². The lowest BCUT2D eigenvalue weighted by molar-refractivity contribution is -0.128. The van der Waals surface area contributed by atoms with E-state index >= 15 is 0 Å². The van der Waals surface area contributed by atoms with Crippen LogP contribution in [0.4, 0.5) is 0 Å². The van der Waals surface area contributed by atoms with Crippen LogP contribution in [0.1, 0.15) is 6.92 Å². The third-order valence-corrected chi connectivity index (χ3v) is 2.25. The van der Waals surface area contributed by atoms with Crippen molar-refractivity contribution < 1.29 is 4.79 Å². The molecule has 1 aliphatic heterocycles. The number of nitrogens with zero attached hydrogens (tertiary/aromatic N) is 1. The Morgan fingerprint density at radius 2 is 2.50 bits per heavy atom. The van der Waals surface area contributed by atoms with Gasteiger partial charge in [0.15, 0.2) is 0 Å². The lowest BCUT2D eigenvalue weighted by Crippen LogP contribution is -2.58. The minimum atomic E-state index is 0.0220. The van der Waals surface area contributed by atoms with Gasteiger partial charge >= 0.3 is 0 Å². The summed E-state index contributed by atoms with van der Waals surface area (Å²) in [6.45, 7) is 5.52. The molecule has 0 saturated carbocycles. The number of hydrogen-bond acceptors (Lipinski definition) is 3. The highest BCUT2D eigenvalue weighted by Gasteiger charge is 2.27. The minimum absolute atomic E-state index is 0.0220. The van der Waals surface area contributed by atoms with Crippen LogP contribution in [0.25, 0.3) is 0 Å². The summed E-state index contributed by atoms with van der Waals surface area (Å²) in [6.07, 6.45) is 0. The first-order valence-electron chi connectivity index (χ1n) is 4.46. The zero-order valence-electron chi connectivity index (χ0n) is 7.76. The highest BCUT2D eigenvalue weighted by atomic mass is 16.2. The SMILES string of the molecule is CCN1CCNC(=O)C1CNC. The molecular weight excluding hydrogens is 154 g/mol.